The molecule has 0 aliphatic rings. The summed E-state index contributed by atoms with van der Waals surface area (Å²) in [4.78, 5) is 11.5. The van der Waals surface area contributed by atoms with Gasteiger partial charge in [-0.3, -0.25) is 4.79 Å². The van der Waals surface area contributed by atoms with Crippen molar-refractivity contribution >= 4 is 15.8 Å². The molecule has 2 aromatic carbocycles. The third-order valence-electron chi connectivity index (χ3n) is 3.68. The van der Waals surface area contributed by atoms with E-state index in [1.165, 1.54) is 19.1 Å². The maximum absolute atomic E-state index is 12.4. The molecule has 1 N–H and O–H groups in total. The lowest BCUT2D eigenvalue weighted by Gasteiger charge is -2.13. The summed E-state index contributed by atoms with van der Waals surface area (Å²) in [5, 5.41) is 0. The largest absolute Gasteiger partial charge is 0.295 e. The number of rotatable bonds is 6. The minimum Gasteiger partial charge on any atom is -0.295 e. The number of Topliss-reactive ketones (excluding diaryl/α,β-unsaturated/α-hetero) is 1. The van der Waals surface area contributed by atoms with Crippen molar-refractivity contribution in [2.45, 2.75) is 38.1 Å². The molecule has 0 unspecified atom stereocenters. The van der Waals surface area contributed by atoms with Crippen LogP contribution in [0, 0.1) is 0 Å². The SMILES string of the molecule is CC(=O)c1cccc(S(=O)(=O)NCc2ccccc2C(C)C)c1. The number of carbonyl (C=O) groups excluding carboxylic acids is 1. The van der Waals surface area contributed by atoms with E-state index in [-0.39, 0.29) is 17.2 Å². The molecule has 0 aliphatic carbocycles. The molecule has 2 rings (SSSR count). The normalized spacial score (nSPS) is 11.7. The van der Waals surface area contributed by atoms with Gasteiger partial charge in [0.15, 0.2) is 5.78 Å². The van der Waals surface area contributed by atoms with E-state index in [0.717, 1.165) is 11.1 Å². The summed E-state index contributed by atoms with van der Waals surface area (Å²) in [5.74, 6) is 0.156. The molecule has 0 heterocycles. The van der Waals surface area contributed by atoms with Crippen LogP contribution in [0.1, 0.15) is 48.2 Å². The molecule has 4 nitrogen and oxygen atoms in total. The van der Waals surface area contributed by atoms with Crippen molar-refractivity contribution in [3.05, 3.63) is 65.2 Å². The molecule has 122 valence electrons. The Morgan fingerprint density at radius 1 is 1.09 bits per heavy atom. The second-order valence-corrected chi connectivity index (χ2v) is 7.53. The smallest absolute Gasteiger partial charge is 0.240 e. The van der Waals surface area contributed by atoms with E-state index < -0.39 is 10.0 Å². The number of sulfonamides is 1. The van der Waals surface area contributed by atoms with Crippen molar-refractivity contribution in [1.29, 1.82) is 0 Å². The fourth-order valence-electron chi connectivity index (χ4n) is 2.40. The zero-order valence-electron chi connectivity index (χ0n) is 13.5. The van der Waals surface area contributed by atoms with Crippen molar-refractivity contribution in [3.8, 4) is 0 Å². The summed E-state index contributed by atoms with van der Waals surface area (Å²) in [6, 6.07) is 13.8. The summed E-state index contributed by atoms with van der Waals surface area (Å²) in [7, 11) is -3.66. The van der Waals surface area contributed by atoms with Gasteiger partial charge in [0.05, 0.1) is 4.90 Å². The zero-order chi connectivity index (χ0) is 17.0. The molecule has 0 atom stereocenters. The first-order valence-electron chi connectivity index (χ1n) is 7.49. The summed E-state index contributed by atoms with van der Waals surface area (Å²) >= 11 is 0. The van der Waals surface area contributed by atoms with Crippen molar-refractivity contribution in [3.63, 3.8) is 0 Å². The first-order chi connectivity index (χ1) is 10.8. The molecule has 0 fully saturated rings. The van der Waals surface area contributed by atoms with E-state index in [1.54, 1.807) is 12.1 Å². The lowest BCUT2D eigenvalue weighted by molar-refractivity contribution is 0.101. The molecular weight excluding hydrogens is 310 g/mol. The van der Waals surface area contributed by atoms with E-state index in [4.69, 9.17) is 0 Å². The van der Waals surface area contributed by atoms with Gasteiger partial charge in [0.1, 0.15) is 0 Å². The molecule has 0 spiro atoms. The van der Waals surface area contributed by atoms with Crippen LogP contribution in [-0.2, 0) is 16.6 Å². The van der Waals surface area contributed by atoms with Gasteiger partial charge in [-0.15, -0.1) is 0 Å². The van der Waals surface area contributed by atoms with Crippen molar-refractivity contribution in [1.82, 2.24) is 4.72 Å². The molecule has 0 radical (unpaired) electrons. The molecule has 0 saturated carbocycles. The fourth-order valence-corrected chi connectivity index (χ4v) is 3.45. The highest BCUT2D eigenvalue weighted by Gasteiger charge is 2.16. The second-order valence-electron chi connectivity index (χ2n) is 5.76. The molecule has 0 amide bonds. The number of hydrogen-bond acceptors (Lipinski definition) is 3. The van der Waals surface area contributed by atoms with Crippen LogP contribution >= 0.6 is 0 Å². The summed E-state index contributed by atoms with van der Waals surface area (Å²) < 4.78 is 27.5. The van der Waals surface area contributed by atoms with E-state index >= 15 is 0 Å². The third-order valence-corrected chi connectivity index (χ3v) is 5.08. The molecule has 5 heteroatoms. The van der Waals surface area contributed by atoms with Crippen LogP contribution in [0.3, 0.4) is 0 Å². The van der Waals surface area contributed by atoms with Crippen LogP contribution in [-0.4, -0.2) is 14.2 Å². The Balaban J connectivity index is 2.23. The van der Waals surface area contributed by atoms with E-state index in [0.29, 0.717) is 11.5 Å². The first-order valence-corrected chi connectivity index (χ1v) is 8.98. The highest BCUT2D eigenvalue weighted by atomic mass is 32.2. The molecule has 0 saturated heterocycles. The standard InChI is InChI=1S/C18H21NO3S/c1-13(2)18-10-5-4-7-16(18)12-19-23(21,22)17-9-6-8-15(11-17)14(3)20/h4-11,13,19H,12H2,1-3H3. The zero-order valence-corrected chi connectivity index (χ0v) is 14.4. The Labute approximate surface area is 137 Å². The molecule has 2 aromatic rings. The third kappa shape index (κ3) is 4.27. The quantitative estimate of drug-likeness (QED) is 0.824. The van der Waals surface area contributed by atoms with Crippen LogP contribution in [0.15, 0.2) is 53.4 Å². The van der Waals surface area contributed by atoms with Crippen molar-refractivity contribution in [2.75, 3.05) is 0 Å². The Morgan fingerprint density at radius 3 is 2.43 bits per heavy atom. The number of hydrogen-bond donors (Lipinski definition) is 1. The minimum absolute atomic E-state index is 0.104. The first kappa shape index (κ1) is 17.4. The minimum atomic E-state index is -3.66. The maximum atomic E-state index is 12.4. The number of benzene rings is 2. The molecular formula is C18H21NO3S. The van der Waals surface area contributed by atoms with Gasteiger partial charge in [-0.2, -0.15) is 0 Å². The summed E-state index contributed by atoms with van der Waals surface area (Å²) in [6.07, 6.45) is 0. The highest BCUT2D eigenvalue weighted by molar-refractivity contribution is 7.89. The van der Waals surface area contributed by atoms with Gasteiger partial charge >= 0.3 is 0 Å². The van der Waals surface area contributed by atoms with E-state index in [2.05, 4.69) is 18.6 Å². The van der Waals surface area contributed by atoms with E-state index in [1.807, 2.05) is 24.3 Å². The predicted octanol–water partition coefficient (Wildman–Crippen LogP) is 3.49. The maximum Gasteiger partial charge on any atom is 0.240 e. The van der Waals surface area contributed by atoms with Gasteiger partial charge in [-0.1, -0.05) is 50.2 Å². The Morgan fingerprint density at radius 2 is 1.78 bits per heavy atom. The second kappa shape index (κ2) is 7.06. The van der Waals surface area contributed by atoms with Gasteiger partial charge in [0.2, 0.25) is 10.0 Å². The lowest BCUT2D eigenvalue weighted by atomic mass is 9.97. The van der Waals surface area contributed by atoms with Crippen LogP contribution in [0.4, 0.5) is 0 Å². The summed E-state index contributed by atoms with van der Waals surface area (Å²) in [6.45, 7) is 5.78. The van der Waals surface area contributed by atoms with Gasteiger partial charge in [0.25, 0.3) is 0 Å². The van der Waals surface area contributed by atoms with Gasteiger partial charge < -0.3 is 0 Å². The van der Waals surface area contributed by atoms with Crippen LogP contribution in [0.2, 0.25) is 0 Å². The monoisotopic (exact) mass is 331 g/mol. The van der Waals surface area contributed by atoms with Gasteiger partial charge in [-0.05, 0) is 36.1 Å². The van der Waals surface area contributed by atoms with Crippen LogP contribution < -0.4 is 4.72 Å². The molecule has 0 aromatic heterocycles. The van der Waals surface area contributed by atoms with Gasteiger partial charge in [0, 0.05) is 12.1 Å². The lowest BCUT2D eigenvalue weighted by Crippen LogP contribution is -2.24. The topological polar surface area (TPSA) is 63.2 Å². The Bertz CT molecular complexity index is 811. The average molecular weight is 331 g/mol. The van der Waals surface area contributed by atoms with Crippen LogP contribution in [0.5, 0.6) is 0 Å². The molecule has 23 heavy (non-hydrogen) atoms. The predicted molar refractivity (Wildman–Crippen MR) is 91.0 cm³/mol. The highest BCUT2D eigenvalue weighted by Crippen LogP contribution is 2.20. The van der Waals surface area contributed by atoms with Crippen LogP contribution in [0.25, 0.3) is 0 Å². The van der Waals surface area contributed by atoms with Crippen molar-refractivity contribution in [2.24, 2.45) is 0 Å². The number of ketones is 1. The van der Waals surface area contributed by atoms with Gasteiger partial charge in [-0.25, -0.2) is 13.1 Å². The summed E-state index contributed by atoms with van der Waals surface area (Å²) in [5.41, 5.74) is 2.46. The fraction of sp³-hybridized carbons (Fsp3) is 0.278. The Kier molecular flexibility index (Phi) is 5.34. The Hall–Kier alpha value is -1.98. The van der Waals surface area contributed by atoms with Crippen molar-refractivity contribution < 1.29 is 13.2 Å². The number of carbonyl (C=O) groups is 1. The molecule has 0 bridgehead atoms. The molecule has 0 aliphatic heterocycles. The average Bonchev–Trinajstić information content (AvgIpc) is 2.53. The van der Waals surface area contributed by atoms with E-state index in [9.17, 15) is 13.2 Å². The number of nitrogens with one attached hydrogen (secondary N) is 1.